The third-order valence-electron chi connectivity index (χ3n) is 3.56. The Balaban J connectivity index is 2.32. The van der Waals surface area contributed by atoms with Crippen molar-refractivity contribution < 1.29 is 18.6 Å². The van der Waals surface area contributed by atoms with Crippen LogP contribution in [0.4, 0.5) is 8.78 Å². The SMILES string of the molecule is CC(C)C1CC(O)(c2cc(F)ccc2F)CCO1. The summed E-state index contributed by atoms with van der Waals surface area (Å²) in [5, 5.41) is 10.6. The van der Waals surface area contributed by atoms with Gasteiger partial charge in [-0.2, -0.15) is 0 Å². The van der Waals surface area contributed by atoms with Gasteiger partial charge in [-0.25, -0.2) is 8.78 Å². The Morgan fingerprint density at radius 2 is 2.11 bits per heavy atom. The normalized spacial score (nSPS) is 28.7. The Bertz CT molecular complexity index is 434. The lowest BCUT2D eigenvalue weighted by molar-refractivity contribution is -0.122. The van der Waals surface area contributed by atoms with Gasteiger partial charge in [0.05, 0.1) is 18.3 Å². The lowest BCUT2D eigenvalue weighted by Crippen LogP contribution is -2.41. The first kappa shape index (κ1) is 13.4. The van der Waals surface area contributed by atoms with Gasteiger partial charge in [0.1, 0.15) is 11.6 Å². The van der Waals surface area contributed by atoms with Crippen molar-refractivity contribution in [3.05, 3.63) is 35.4 Å². The first-order valence-corrected chi connectivity index (χ1v) is 6.22. The molecule has 0 radical (unpaired) electrons. The van der Waals surface area contributed by atoms with E-state index in [2.05, 4.69) is 0 Å². The van der Waals surface area contributed by atoms with Crippen LogP contribution >= 0.6 is 0 Å². The van der Waals surface area contributed by atoms with Crippen molar-refractivity contribution in [2.45, 2.75) is 38.4 Å². The highest BCUT2D eigenvalue weighted by atomic mass is 19.1. The van der Waals surface area contributed by atoms with Gasteiger partial charge in [0.25, 0.3) is 0 Å². The molecule has 2 unspecified atom stereocenters. The number of hydrogen-bond acceptors (Lipinski definition) is 2. The highest BCUT2D eigenvalue weighted by molar-refractivity contribution is 5.26. The molecule has 2 nitrogen and oxygen atoms in total. The topological polar surface area (TPSA) is 29.5 Å². The molecule has 2 rings (SSSR count). The summed E-state index contributed by atoms with van der Waals surface area (Å²) in [5.41, 5.74) is -1.30. The Morgan fingerprint density at radius 3 is 2.78 bits per heavy atom. The first-order valence-electron chi connectivity index (χ1n) is 6.22. The second-order valence-corrected chi connectivity index (χ2v) is 5.26. The average Bonchev–Trinajstić information content (AvgIpc) is 2.32. The van der Waals surface area contributed by atoms with E-state index in [9.17, 15) is 13.9 Å². The molecule has 18 heavy (non-hydrogen) atoms. The molecule has 1 aliphatic heterocycles. The van der Waals surface area contributed by atoms with E-state index >= 15 is 0 Å². The van der Waals surface area contributed by atoms with Crippen LogP contribution in [0.2, 0.25) is 0 Å². The van der Waals surface area contributed by atoms with E-state index in [0.717, 1.165) is 18.2 Å². The molecule has 1 aromatic carbocycles. The van der Waals surface area contributed by atoms with Crippen LogP contribution in [0.15, 0.2) is 18.2 Å². The van der Waals surface area contributed by atoms with Crippen LogP contribution in [0.1, 0.15) is 32.3 Å². The lowest BCUT2D eigenvalue weighted by Gasteiger charge is -2.39. The maximum atomic E-state index is 13.8. The van der Waals surface area contributed by atoms with Gasteiger partial charge >= 0.3 is 0 Å². The molecular weight excluding hydrogens is 238 g/mol. The molecule has 4 heteroatoms. The van der Waals surface area contributed by atoms with E-state index in [-0.39, 0.29) is 24.0 Å². The summed E-state index contributed by atoms with van der Waals surface area (Å²) < 4.78 is 32.5. The number of benzene rings is 1. The molecule has 1 heterocycles. The fraction of sp³-hybridized carbons (Fsp3) is 0.571. The Labute approximate surface area is 106 Å². The third-order valence-corrected chi connectivity index (χ3v) is 3.56. The van der Waals surface area contributed by atoms with Crippen molar-refractivity contribution in [1.82, 2.24) is 0 Å². The van der Waals surface area contributed by atoms with E-state index in [1.54, 1.807) is 0 Å². The minimum absolute atomic E-state index is 0.0384. The quantitative estimate of drug-likeness (QED) is 0.881. The zero-order chi connectivity index (χ0) is 13.3. The summed E-state index contributed by atoms with van der Waals surface area (Å²) in [6.45, 7) is 4.33. The molecule has 1 saturated heterocycles. The van der Waals surface area contributed by atoms with E-state index in [0.29, 0.717) is 13.0 Å². The van der Waals surface area contributed by atoms with Crippen molar-refractivity contribution in [2.24, 2.45) is 5.92 Å². The molecule has 0 spiro atoms. The molecule has 0 aromatic heterocycles. The average molecular weight is 256 g/mol. The first-order chi connectivity index (χ1) is 8.42. The van der Waals surface area contributed by atoms with Gasteiger partial charge < -0.3 is 9.84 Å². The minimum atomic E-state index is -1.33. The highest BCUT2D eigenvalue weighted by Gasteiger charge is 2.39. The monoisotopic (exact) mass is 256 g/mol. The molecule has 100 valence electrons. The number of ether oxygens (including phenoxy) is 1. The Hall–Kier alpha value is -1.00. The van der Waals surface area contributed by atoms with Crippen LogP contribution < -0.4 is 0 Å². The van der Waals surface area contributed by atoms with Crippen LogP contribution in [0.5, 0.6) is 0 Å². The van der Waals surface area contributed by atoms with Gasteiger partial charge in [0.2, 0.25) is 0 Å². The molecule has 2 atom stereocenters. The van der Waals surface area contributed by atoms with E-state index in [1.807, 2.05) is 13.8 Å². The summed E-state index contributed by atoms with van der Waals surface area (Å²) in [6, 6.07) is 3.20. The maximum Gasteiger partial charge on any atom is 0.129 e. The molecule has 0 bridgehead atoms. The molecule has 1 aromatic rings. The van der Waals surface area contributed by atoms with Crippen molar-refractivity contribution in [1.29, 1.82) is 0 Å². The van der Waals surface area contributed by atoms with Gasteiger partial charge in [0.15, 0.2) is 0 Å². The summed E-state index contributed by atoms with van der Waals surface area (Å²) in [6.07, 6.45) is 0.452. The summed E-state index contributed by atoms with van der Waals surface area (Å²) >= 11 is 0. The number of rotatable bonds is 2. The van der Waals surface area contributed by atoms with Gasteiger partial charge in [-0.05, 0) is 24.1 Å². The Morgan fingerprint density at radius 1 is 1.39 bits per heavy atom. The molecule has 1 N–H and O–H groups in total. The molecule has 0 amide bonds. The molecule has 0 aliphatic carbocycles. The van der Waals surface area contributed by atoms with E-state index < -0.39 is 17.2 Å². The molecular formula is C14H18F2O2. The van der Waals surface area contributed by atoms with E-state index in [1.165, 1.54) is 0 Å². The van der Waals surface area contributed by atoms with Crippen LogP contribution in [0, 0.1) is 17.6 Å². The highest BCUT2D eigenvalue weighted by Crippen LogP contribution is 2.38. The van der Waals surface area contributed by atoms with Gasteiger partial charge in [0, 0.05) is 18.4 Å². The standard InChI is InChI=1S/C14H18F2O2/c1-9(2)13-8-14(17,5-6-18-13)11-7-10(15)3-4-12(11)16/h3-4,7,9,13,17H,5-6,8H2,1-2H3. The van der Waals surface area contributed by atoms with Crippen LogP contribution in [-0.4, -0.2) is 17.8 Å². The molecule has 0 saturated carbocycles. The molecule has 1 aliphatic rings. The number of hydrogen-bond donors (Lipinski definition) is 1. The van der Waals surface area contributed by atoms with Gasteiger partial charge in [-0.15, -0.1) is 0 Å². The maximum absolute atomic E-state index is 13.8. The predicted molar refractivity (Wildman–Crippen MR) is 64.1 cm³/mol. The number of aliphatic hydroxyl groups is 1. The van der Waals surface area contributed by atoms with Crippen molar-refractivity contribution in [2.75, 3.05) is 6.61 Å². The van der Waals surface area contributed by atoms with Gasteiger partial charge in [-0.1, -0.05) is 13.8 Å². The van der Waals surface area contributed by atoms with Crippen LogP contribution in [-0.2, 0) is 10.3 Å². The van der Waals surface area contributed by atoms with Crippen molar-refractivity contribution >= 4 is 0 Å². The smallest absolute Gasteiger partial charge is 0.129 e. The minimum Gasteiger partial charge on any atom is -0.385 e. The largest absolute Gasteiger partial charge is 0.385 e. The third kappa shape index (κ3) is 2.54. The fourth-order valence-electron chi connectivity index (χ4n) is 2.40. The summed E-state index contributed by atoms with van der Waals surface area (Å²) in [7, 11) is 0. The second-order valence-electron chi connectivity index (χ2n) is 5.26. The van der Waals surface area contributed by atoms with E-state index in [4.69, 9.17) is 4.74 Å². The zero-order valence-electron chi connectivity index (χ0n) is 10.6. The van der Waals surface area contributed by atoms with Gasteiger partial charge in [-0.3, -0.25) is 0 Å². The second kappa shape index (κ2) is 4.94. The number of halogens is 2. The predicted octanol–water partition coefficient (Wildman–Crippen LogP) is 2.99. The zero-order valence-corrected chi connectivity index (χ0v) is 10.6. The lowest BCUT2D eigenvalue weighted by atomic mass is 9.81. The summed E-state index contributed by atoms with van der Waals surface area (Å²) in [4.78, 5) is 0. The van der Waals surface area contributed by atoms with Crippen LogP contribution in [0.25, 0.3) is 0 Å². The van der Waals surface area contributed by atoms with Crippen molar-refractivity contribution in [3.8, 4) is 0 Å². The van der Waals surface area contributed by atoms with Crippen LogP contribution in [0.3, 0.4) is 0 Å². The Kier molecular flexibility index (Phi) is 3.69. The fourth-order valence-corrected chi connectivity index (χ4v) is 2.40. The molecule has 1 fully saturated rings. The van der Waals surface area contributed by atoms with Crippen molar-refractivity contribution in [3.63, 3.8) is 0 Å². The summed E-state index contributed by atoms with van der Waals surface area (Å²) in [5.74, 6) is -0.871.